The fourth-order valence-electron chi connectivity index (χ4n) is 10.8. The minimum Gasteiger partial charge on any atom is -0.456 e. The van der Waals surface area contributed by atoms with Crippen LogP contribution in [0, 0.1) is 0 Å². The molecule has 2 heteroatoms. The predicted molar refractivity (Wildman–Crippen MR) is 270 cm³/mol. The van der Waals surface area contributed by atoms with E-state index in [4.69, 9.17) is 8.83 Å². The first-order valence-electron chi connectivity index (χ1n) is 22.0. The van der Waals surface area contributed by atoms with Gasteiger partial charge in [0.25, 0.3) is 0 Å². The van der Waals surface area contributed by atoms with E-state index >= 15 is 0 Å². The smallest absolute Gasteiger partial charge is 0.136 e. The molecule has 64 heavy (non-hydrogen) atoms. The first-order valence-corrected chi connectivity index (χ1v) is 22.0. The predicted octanol–water partition coefficient (Wildman–Crippen LogP) is 17.9. The highest BCUT2D eigenvalue weighted by molar-refractivity contribution is 6.24. The fourth-order valence-corrected chi connectivity index (χ4v) is 10.8. The highest BCUT2D eigenvalue weighted by Gasteiger charge is 2.20. The van der Waals surface area contributed by atoms with Crippen molar-refractivity contribution in [2.24, 2.45) is 0 Å². The Hall–Kier alpha value is -8.46. The van der Waals surface area contributed by atoms with Gasteiger partial charge in [0.2, 0.25) is 0 Å². The maximum Gasteiger partial charge on any atom is 0.136 e. The van der Waals surface area contributed by atoms with Crippen LogP contribution in [0.15, 0.2) is 227 Å². The molecule has 0 aliphatic carbocycles. The van der Waals surface area contributed by atoms with Crippen LogP contribution in [0.4, 0.5) is 0 Å². The van der Waals surface area contributed by atoms with Crippen LogP contribution >= 0.6 is 0 Å². The van der Waals surface area contributed by atoms with Crippen molar-refractivity contribution in [3.8, 4) is 44.5 Å². The Bertz CT molecular complexity index is 3840. The molecule has 0 amide bonds. The van der Waals surface area contributed by atoms with Gasteiger partial charge in [0.1, 0.15) is 22.3 Å². The molecule has 12 aromatic carbocycles. The van der Waals surface area contributed by atoms with Crippen LogP contribution in [-0.4, -0.2) is 0 Å². The van der Waals surface area contributed by atoms with Crippen molar-refractivity contribution in [2.75, 3.05) is 0 Å². The normalized spacial score (nSPS) is 12.1. The van der Waals surface area contributed by atoms with E-state index < -0.39 is 0 Å². The summed E-state index contributed by atoms with van der Waals surface area (Å²) in [5, 5.41) is 16.6. The van der Waals surface area contributed by atoms with Gasteiger partial charge in [-0.15, -0.1) is 0 Å². The van der Waals surface area contributed by atoms with Gasteiger partial charge in [0.05, 0.1) is 0 Å². The Morgan fingerprint density at radius 2 is 0.469 bits per heavy atom. The van der Waals surface area contributed by atoms with Crippen LogP contribution in [-0.2, 0) is 0 Å². The molecule has 0 N–H and O–H groups in total. The maximum atomic E-state index is 6.62. The number of rotatable bonds is 4. The molecule has 0 radical (unpaired) electrons. The lowest BCUT2D eigenvalue weighted by Crippen LogP contribution is -1.90. The summed E-state index contributed by atoms with van der Waals surface area (Å²) in [5.74, 6) is 0. The molecule has 0 saturated heterocycles. The molecule has 0 atom stereocenters. The molecule has 0 spiro atoms. The van der Waals surface area contributed by atoms with Crippen molar-refractivity contribution in [3.05, 3.63) is 218 Å². The molecule has 14 rings (SSSR count). The van der Waals surface area contributed by atoms with Gasteiger partial charge >= 0.3 is 0 Å². The van der Waals surface area contributed by atoms with Gasteiger partial charge < -0.3 is 8.83 Å². The number of hydrogen-bond donors (Lipinski definition) is 0. The molecule has 2 heterocycles. The molecule has 0 bridgehead atoms. The molecule has 0 unspecified atom stereocenters. The second-order valence-electron chi connectivity index (χ2n) is 17.1. The summed E-state index contributed by atoms with van der Waals surface area (Å²) in [6, 6.07) is 79.3. The van der Waals surface area contributed by atoms with Gasteiger partial charge in [-0.2, -0.15) is 0 Å². The zero-order valence-corrected chi connectivity index (χ0v) is 34.6. The number of fused-ring (bicyclic) bond motifs is 11. The Morgan fingerprint density at radius 3 is 0.812 bits per heavy atom. The molecule has 0 fully saturated rings. The van der Waals surface area contributed by atoms with Crippen molar-refractivity contribution < 1.29 is 8.83 Å². The van der Waals surface area contributed by atoms with Crippen molar-refractivity contribution in [1.82, 2.24) is 0 Å². The van der Waals surface area contributed by atoms with Crippen LogP contribution in [0.5, 0.6) is 0 Å². The Kier molecular flexibility index (Phi) is 7.43. The molecule has 14 aromatic rings. The summed E-state index contributed by atoms with van der Waals surface area (Å²) >= 11 is 0. The van der Waals surface area contributed by atoms with Gasteiger partial charge in [-0.1, -0.05) is 170 Å². The van der Waals surface area contributed by atoms with Crippen molar-refractivity contribution in [2.45, 2.75) is 0 Å². The third kappa shape index (κ3) is 5.14. The second-order valence-corrected chi connectivity index (χ2v) is 17.1. The van der Waals surface area contributed by atoms with E-state index in [2.05, 4.69) is 218 Å². The van der Waals surface area contributed by atoms with Gasteiger partial charge in [0, 0.05) is 21.5 Å². The minimum atomic E-state index is 0.865. The first kappa shape index (κ1) is 35.2. The standard InChI is InChI=1S/C62H36O2/c1-3-15-37(16-4-1)59-43-19-7-11-23-47(43)61(48-24-12-8-20-44(48)59)39-27-29-55-51(31-39)53-33-41-34-54-52-32-40(28-30-56(52)64-58(54)36-42(41)35-57(53)63-55)62-49-25-13-9-21-45(49)60(38-17-5-2-6-18-38)46-22-10-14-26-50(46)62/h1-36H. The van der Waals surface area contributed by atoms with Crippen LogP contribution in [0.1, 0.15) is 0 Å². The highest BCUT2D eigenvalue weighted by atomic mass is 16.3. The average Bonchev–Trinajstić information content (AvgIpc) is 3.89. The van der Waals surface area contributed by atoms with Crippen LogP contribution in [0.25, 0.3) is 142 Å². The van der Waals surface area contributed by atoms with Crippen LogP contribution < -0.4 is 0 Å². The zero-order valence-electron chi connectivity index (χ0n) is 34.6. The van der Waals surface area contributed by atoms with Crippen molar-refractivity contribution in [3.63, 3.8) is 0 Å². The minimum absolute atomic E-state index is 0.865. The lowest BCUT2D eigenvalue weighted by atomic mass is 9.85. The molecular weight excluding hydrogens is 777 g/mol. The second kappa shape index (κ2) is 13.5. The quantitative estimate of drug-likeness (QED) is 0.166. The van der Waals surface area contributed by atoms with E-state index in [0.29, 0.717) is 0 Å². The summed E-state index contributed by atoms with van der Waals surface area (Å²) in [6.07, 6.45) is 0. The highest BCUT2D eigenvalue weighted by Crippen LogP contribution is 2.47. The number of furan rings is 2. The molecule has 0 saturated carbocycles. The van der Waals surface area contributed by atoms with E-state index in [1.54, 1.807) is 0 Å². The Balaban J connectivity index is 0.958. The monoisotopic (exact) mass is 812 g/mol. The number of benzene rings is 12. The largest absolute Gasteiger partial charge is 0.456 e. The van der Waals surface area contributed by atoms with E-state index in [-0.39, 0.29) is 0 Å². The lowest BCUT2D eigenvalue weighted by Gasteiger charge is -2.17. The summed E-state index contributed by atoms with van der Waals surface area (Å²) in [7, 11) is 0. The van der Waals surface area contributed by atoms with Crippen LogP contribution in [0.3, 0.4) is 0 Å². The summed E-state index contributed by atoms with van der Waals surface area (Å²) in [6.45, 7) is 0. The van der Waals surface area contributed by atoms with E-state index in [0.717, 1.165) is 54.6 Å². The molecule has 2 nitrogen and oxygen atoms in total. The van der Waals surface area contributed by atoms with Crippen molar-refractivity contribution >= 4 is 97.7 Å². The SMILES string of the molecule is c1ccc(-c2c3ccccc3c(-c3ccc4oc5cc6cc7oc8ccc(-c9c%10ccccc%10c(-c%10ccccc%10)c%10ccccc9%10)cc8c7cc6cc5c4c3)c3ccccc23)cc1. The summed E-state index contributed by atoms with van der Waals surface area (Å²) in [5.41, 5.74) is 13.3. The van der Waals surface area contributed by atoms with Gasteiger partial charge in [-0.25, -0.2) is 0 Å². The number of hydrogen-bond acceptors (Lipinski definition) is 2. The average molecular weight is 813 g/mol. The van der Waals surface area contributed by atoms with Gasteiger partial charge in [-0.3, -0.25) is 0 Å². The van der Waals surface area contributed by atoms with E-state index in [1.165, 1.54) is 87.6 Å². The Morgan fingerprint density at radius 1 is 0.188 bits per heavy atom. The lowest BCUT2D eigenvalue weighted by molar-refractivity contribution is 0.668. The fraction of sp³-hybridized carbons (Fsp3) is 0. The zero-order chi connectivity index (χ0) is 41.9. The molecule has 0 aliphatic rings. The Labute approximate surface area is 367 Å². The third-order valence-electron chi connectivity index (χ3n) is 13.6. The van der Waals surface area contributed by atoms with Gasteiger partial charge in [-0.05, 0) is 147 Å². The topological polar surface area (TPSA) is 26.3 Å². The maximum absolute atomic E-state index is 6.62. The van der Waals surface area contributed by atoms with Crippen molar-refractivity contribution in [1.29, 1.82) is 0 Å². The third-order valence-corrected chi connectivity index (χ3v) is 13.6. The summed E-state index contributed by atoms with van der Waals surface area (Å²) in [4.78, 5) is 0. The first-order chi connectivity index (χ1) is 31.7. The van der Waals surface area contributed by atoms with E-state index in [9.17, 15) is 0 Å². The molecule has 0 aliphatic heterocycles. The molecule has 296 valence electrons. The van der Waals surface area contributed by atoms with Crippen LogP contribution in [0.2, 0.25) is 0 Å². The summed E-state index contributed by atoms with van der Waals surface area (Å²) < 4.78 is 13.2. The molecule has 2 aromatic heterocycles. The molecular formula is C62H36O2. The van der Waals surface area contributed by atoms with Gasteiger partial charge in [0.15, 0.2) is 0 Å². The van der Waals surface area contributed by atoms with E-state index in [1.807, 2.05) is 0 Å².